The van der Waals surface area contributed by atoms with Crippen molar-refractivity contribution in [3.05, 3.63) is 17.8 Å². The fourth-order valence-electron chi connectivity index (χ4n) is 2.21. The predicted molar refractivity (Wildman–Crippen MR) is 71.4 cm³/mol. The molecule has 0 bridgehead atoms. The van der Waals surface area contributed by atoms with E-state index in [4.69, 9.17) is 15.7 Å². The molecule has 1 aliphatic heterocycles. The number of hydrogen-bond donors (Lipinski definition) is 2. The third kappa shape index (κ3) is 3.11. The third-order valence-corrected chi connectivity index (χ3v) is 3.21. The van der Waals surface area contributed by atoms with Gasteiger partial charge in [0.1, 0.15) is 0 Å². The van der Waals surface area contributed by atoms with E-state index in [1.165, 1.54) is 6.20 Å². The summed E-state index contributed by atoms with van der Waals surface area (Å²) in [6.45, 7) is 4.33. The summed E-state index contributed by atoms with van der Waals surface area (Å²) in [5, 5.41) is 19.8. The van der Waals surface area contributed by atoms with Crippen LogP contribution in [0.5, 0.6) is 0 Å². The van der Waals surface area contributed by atoms with Crippen molar-refractivity contribution in [3.63, 3.8) is 0 Å². The first-order valence-corrected chi connectivity index (χ1v) is 6.42. The summed E-state index contributed by atoms with van der Waals surface area (Å²) in [6.07, 6.45) is 3.88. The van der Waals surface area contributed by atoms with E-state index in [9.17, 15) is 0 Å². The van der Waals surface area contributed by atoms with E-state index in [-0.39, 0.29) is 11.9 Å². The minimum Gasteiger partial charge on any atom is -0.409 e. The van der Waals surface area contributed by atoms with E-state index in [1.54, 1.807) is 6.07 Å². The maximum atomic E-state index is 8.82. The number of likely N-dealkylation sites (N-methyl/N-ethyl adjacent to an activating group) is 1. The zero-order valence-corrected chi connectivity index (χ0v) is 11.0. The molecule has 0 aliphatic carbocycles. The van der Waals surface area contributed by atoms with Gasteiger partial charge >= 0.3 is 0 Å². The Morgan fingerprint density at radius 2 is 2.53 bits per heavy atom. The maximum absolute atomic E-state index is 8.82. The largest absolute Gasteiger partial charge is 0.409 e. The first kappa shape index (κ1) is 13.5. The molecule has 1 fully saturated rings. The Morgan fingerprint density at radius 1 is 1.68 bits per heavy atom. The lowest BCUT2D eigenvalue weighted by Gasteiger charge is -2.25. The second kappa shape index (κ2) is 6.33. The molecule has 104 valence electrons. The SMILES string of the molecule is CCN(CC1CCCO1)c1nnccc1/C(N)=N/O. The van der Waals surface area contributed by atoms with E-state index in [0.29, 0.717) is 11.4 Å². The van der Waals surface area contributed by atoms with Crippen LogP contribution in [0.15, 0.2) is 17.4 Å². The molecular weight excluding hydrogens is 246 g/mol. The Bertz CT molecular complexity index is 446. The Kier molecular flexibility index (Phi) is 4.51. The molecule has 1 atom stereocenters. The number of aromatic nitrogens is 2. The molecule has 1 aromatic rings. The highest BCUT2D eigenvalue weighted by molar-refractivity contribution is 6.01. The molecule has 7 nitrogen and oxygen atoms in total. The fourth-order valence-corrected chi connectivity index (χ4v) is 2.21. The van der Waals surface area contributed by atoms with Crippen molar-refractivity contribution in [1.82, 2.24) is 10.2 Å². The summed E-state index contributed by atoms with van der Waals surface area (Å²) in [6, 6.07) is 1.69. The van der Waals surface area contributed by atoms with Gasteiger partial charge in [-0.25, -0.2) is 0 Å². The molecule has 0 aromatic carbocycles. The third-order valence-electron chi connectivity index (χ3n) is 3.21. The number of rotatable bonds is 5. The van der Waals surface area contributed by atoms with Crippen molar-refractivity contribution >= 4 is 11.7 Å². The maximum Gasteiger partial charge on any atom is 0.173 e. The Labute approximate surface area is 112 Å². The Hall–Kier alpha value is -1.89. The number of nitrogens with zero attached hydrogens (tertiary/aromatic N) is 4. The van der Waals surface area contributed by atoms with Crippen LogP contribution in [-0.2, 0) is 4.74 Å². The highest BCUT2D eigenvalue weighted by atomic mass is 16.5. The van der Waals surface area contributed by atoms with Crippen LogP contribution in [0.2, 0.25) is 0 Å². The van der Waals surface area contributed by atoms with E-state index in [1.807, 2.05) is 11.8 Å². The molecule has 7 heteroatoms. The molecule has 0 spiro atoms. The highest BCUT2D eigenvalue weighted by Crippen LogP contribution is 2.20. The molecule has 3 N–H and O–H groups in total. The monoisotopic (exact) mass is 265 g/mol. The average Bonchev–Trinajstić information content (AvgIpc) is 2.97. The molecule has 0 saturated carbocycles. The van der Waals surface area contributed by atoms with E-state index < -0.39 is 0 Å². The van der Waals surface area contributed by atoms with Crippen molar-refractivity contribution < 1.29 is 9.94 Å². The number of ether oxygens (including phenoxy) is 1. The van der Waals surface area contributed by atoms with Gasteiger partial charge in [-0.15, -0.1) is 5.10 Å². The molecule has 1 unspecified atom stereocenters. The molecule has 1 aliphatic rings. The Balaban J connectivity index is 2.22. The number of oxime groups is 1. The first-order chi connectivity index (χ1) is 9.26. The summed E-state index contributed by atoms with van der Waals surface area (Å²) in [4.78, 5) is 2.04. The number of amidine groups is 1. The second-order valence-electron chi connectivity index (χ2n) is 4.43. The first-order valence-electron chi connectivity index (χ1n) is 6.42. The van der Waals surface area contributed by atoms with Gasteiger partial charge in [0.05, 0.1) is 17.9 Å². The summed E-state index contributed by atoms with van der Waals surface area (Å²) < 4.78 is 5.63. The van der Waals surface area contributed by atoms with Gasteiger partial charge in [0.25, 0.3) is 0 Å². The lowest BCUT2D eigenvalue weighted by Crippen LogP contribution is -2.34. The summed E-state index contributed by atoms with van der Waals surface area (Å²) in [5.74, 6) is 0.659. The minimum atomic E-state index is 0.0377. The van der Waals surface area contributed by atoms with E-state index in [0.717, 1.165) is 32.5 Å². The van der Waals surface area contributed by atoms with Crippen molar-refractivity contribution in [1.29, 1.82) is 0 Å². The topological polar surface area (TPSA) is 96.9 Å². The van der Waals surface area contributed by atoms with Crippen LogP contribution in [-0.4, -0.2) is 47.0 Å². The quantitative estimate of drug-likeness (QED) is 0.350. The van der Waals surface area contributed by atoms with Gasteiger partial charge in [-0.3, -0.25) is 0 Å². The van der Waals surface area contributed by atoms with Gasteiger partial charge in [0.15, 0.2) is 11.7 Å². The van der Waals surface area contributed by atoms with E-state index >= 15 is 0 Å². The van der Waals surface area contributed by atoms with Crippen LogP contribution in [0.3, 0.4) is 0 Å². The van der Waals surface area contributed by atoms with Gasteiger partial charge in [0, 0.05) is 19.7 Å². The molecule has 2 rings (SSSR count). The summed E-state index contributed by atoms with van der Waals surface area (Å²) in [7, 11) is 0. The normalized spacial score (nSPS) is 19.6. The van der Waals surface area contributed by atoms with Gasteiger partial charge in [0.2, 0.25) is 0 Å². The number of nitrogens with two attached hydrogens (primary N) is 1. The van der Waals surface area contributed by atoms with Crippen molar-refractivity contribution in [2.24, 2.45) is 10.9 Å². The number of anilines is 1. The van der Waals surface area contributed by atoms with Gasteiger partial charge < -0.3 is 20.6 Å². The zero-order valence-electron chi connectivity index (χ0n) is 11.0. The van der Waals surface area contributed by atoms with Gasteiger partial charge in [-0.1, -0.05) is 5.16 Å². The van der Waals surface area contributed by atoms with Crippen molar-refractivity contribution in [3.8, 4) is 0 Å². The summed E-state index contributed by atoms with van der Waals surface area (Å²) in [5.41, 5.74) is 6.25. The van der Waals surface area contributed by atoms with E-state index in [2.05, 4.69) is 15.4 Å². The Morgan fingerprint density at radius 3 is 3.16 bits per heavy atom. The molecule has 0 radical (unpaired) electrons. The highest BCUT2D eigenvalue weighted by Gasteiger charge is 2.22. The minimum absolute atomic E-state index is 0.0377. The zero-order chi connectivity index (χ0) is 13.7. The smallest absolute Gasteiger partial charge is 0.173 e. The molecule has 1 aromatic heterocycles. The van der Waals surface area contributed by atoms with Crippen LogP contribution >= 0.6 is 0 Å². The van der Waals surface area contributed by atoms with Crippen LogP contribution < -0.4 is 10.6 Å². The average molecular weight is 265 g/mol. The summed E-state index contributed by atoms with van der Waals surface area (Å²) >= 11 is 0. The second-order valence-corrected chi connectivity index (χ2v) is 4.43. The molecule has 1 saturated heterocycles. The van der Waals surface area contributed by atoms with Crippen molar-refractivity contribution in [2.45, 2.75) is 25.9 Å². The molecular formula is C12H19N5O2. The van der Waals surface area contributed by atoms with Crippen LogP contribution in [0.1, 0.15) is 25.3 Å². The van der Waals surface area contributed by atoms with Gasteiger partial charge in [-0.2, -0.15) is 5.10 Å². The van der Waals surface area contributed by atoms with Crippen LogP contribution in [0, 0.1) is 0 Å². The molecule has 0 amide bonds. The molecule has 19 heavy (non-hydrogen) atoms. The number of hydrogen-bond acceptors (Lipinski definition) is 6. The molecule has 2 heterocycles. The predicted octanol–water partition coefficient (Wildman–Crippen LogP) is 0.576. The van der Waals surface area contributed by atoms with Gasteiger partial charge in [-0.05, 0) is 25.8 Å². The fraction of sp³-hybridized carbons (Fsp3) is 0.583. The lowest BCUT2D eigenvalue weighted by atomic mass is 10.2. The van der Waals surface area contributed by atoms with Crippen LogP contribution in [0.4, 0.5) is 5.82 Å². The lowest BCUT2D eigenvalue weighted by molar-refractivity contribution is 0.115. The standard InChI is InChI=1S/C12H19N5O2/c1-2-17(8-9-4-3-7-19-9)12-10(11(13)16-18)5-6-14-15-12/h5-6,9,18H,2-4,7-8H2,1H3,(H2,13,16). The van der Waals surface area contributed by atoms with Crippen molar-refractivity contribution in [2.75, 3.05) is 24.6 Å². The van der Waals surface area contributed by atoms with Crippen LogP contribution in [0.25, 0.3) is 0 Å².